The molecule has 1 aromatic carbocycles. The highest BCUT2D eigenvalue weighted by atomic mass is 16.5. The molecule has 0 aliphatic carbocycles. The summed E-state index contributed by atoms with van der Waals surface area (Å²) in [7, 11) is 5.11. The first-order valence-electron chi connectivity index (χ1n) is 7.79. The van der Waals surface area contributed by atoms with Crippen molar-refractivity contribution >= 4 is 5.91 Å². The zero-order valence-corrected chi connectivity index (χ0v) is 13.7. The zero-order valence-electron chi connectivity index (χ0n) is 13.7. The van der Waals surface area contributed by atoms with Crippen molar-refractivity contribution in [1.29, 1.82) is 0 Å². The number of hydrogen-bond acceptors (Lipinski definition) is 4. The fourth-order valence-corrected chi connectivity index (χ4v) is 2.81. The molecule has 1 aliphatic heterocycles. The Bertz CT molecular complexity index is 499. The SMILES string of the molecule is COc1ccc(CN(C)C(=O)CCC2CCNC2)c(OC)c1. The van der Waals surface area contributed by atoms with E-state index in [4.69, 9.17) is 9.47 Å². The molecule has 1 atom stereocenters. The maximum atomic E-state index is 12.3. The minimum absolute atomic E-state index is 0.185. The molecule has 1 unspecified atom stereocenters. The Balaban J connectivity index is 1.89. The molecule has 0 saturated carbocycles. The molecule has 1 N–H and O–H groups in total. The number of carbonyl (C=O) groups excluding carboxylic acids is 1. The van der Waals surface area contributed by atoms with Gasteiger partial charge in [-0.25, -0.2) is 0 Å². The van der Waals surface area contributed by atoms with Gasteiger partial charge in [0, 0.05) is 31.6 Å². The zero-order chi connectivity index (χ0) is 15.9. The van der Waals surface area contributed by atoms with Crippen molar-refractivity contribution in [3.8, 4) is 11.5 Å². The van der Waals surface area contributed by atoms with Crippen molar-refractivity contribution in [2.75, 3.05) is 34.4 Å². The number of amides is 1. The van der Waals surface area contributed by atoms with Crippen LogP contribution in [0.2, 0.25) is 0 Å². The molecule has 1 aromatic rings. The quantitative estimate of drug-likeness (QED) is 0.838. The van der Waals surface area contributed by atoms with Gasteiger partial charge < -0.3 is 19.7 Å². The number of hydrogen-bond donors (Lipinski definition) is 1. The predicted molar refractivity (Wildman–Crippen MR) is 86.2 cm³/mol. The molecule has 1 saturated heterocycles. The highest BCUT2D eigenvalue weighted by Gasteiger charge is 2.18. The van der Waals surface area contributed by atoms with Gasteiger partial charge in [-0.2, -0.15) is 0 Å². The summed E-state index contributed by atoms with van der Waals surface area (Å²) in [6.07, 6.45) is 2.76. The van der Waals surface area contributed by atoms with Crippen LogP contribution in [0.4, 0.5) is 0 Å². The molecule has 1 amide bonds. The van der Waals surface area contributed by atoms with Gasteiger partial charge in [0.05, 0.1) is 14.2 Å². The van der Waals surface area contributed by atoms with Gasteiger partial charge in [0.2, 0.25) is 5.91 Å². The minimum atomic E-state index is 0.185. The lowest BCUT2D eigenvalue weighted by Crippen LogP contribution is -2.26. The molecule has 2 rings (SSSR count). The Morgan fingerprint density at radius 3 is 2.82 bits per heavy atom. The largest absolute Gasteiger partial charge is 0.497 e. The lowest BCUT2D eigenvalue weighted by atomic mass is 10.0. The summed E-state index contributed by atoms with van der Waals surface area (Å²) < 4.78 is 10.6. The molecule has 5 nitrogen and oxygen atoms in total. The predicted octanol–water partition coefficient (Wildman–Crippen LogP) is 2.05. The highest BCUT2D eigenvalue weighted by molar-refractivity contribution is 5.76. The van der Waals surface area contributed by atoms with Crippen molar-refractivity contribution in [2.24, 2.45) is 5.92 Å². The van der Waals surface area contributed by atoms with Crippen LogP contribution < -0.4 is 14.8 Å². The van der Waals surface area contributed by atoms with Gasteiger partial charge in [-0.05, 0) is 44.0 Å². The topological polar surface area (TPSA) is 50.8 Å². The summed E-state index contributed by atoms with van der Waals surface area (Å²) in [6.45, 7) is 2.68. The summed E-state index contributed by atoms with van der Waals surface area (Å²) in [4.78, 5) is 14.0. The summed E-state index contributed by atoms with van der Waals surface area (Å²) in [5, 5.41) is 3.34. The van der Waals surface area contributed by atoms with Gasteiger partial charge in [-0.1, -0.05) is 0 Å². The van der Waals surface area contributed by atoms with E-state index in [1.54, 1.807) is 19.1 Å². The third-order valence-electron chi connectivity index (χ3n) is 4.26. The van der Waals surface area contributed by atoms with E-state index < -0.39 is 0 Å². The molecule has 5 heteroatoms. The Labute approximate surface area is 132 Å². The van der Waals surface area contributed by atoms with E-state index in [2.05, 4.69) is 5.32 Å². The third-order valence-corrected chi connectivity index (χ3v) is 4.26. The normalized spacial score (nSPS) is 17.3. The van der Waals surface area contributed by atoms with Gasteiger partial charge in [-0.3, -0.25) is 4.79 Å². The van der Waals surface area contributed by atoms with Crippen LogP contribution in [0.5, 0.6) is 11.5 Å². The number of ether oxygens (including phenoxy) is 2. The molecule has 22 heavy (non-hydrogen) atoms. The van der Waals surface area contributed by atoms with E-state index in [0.29, 0.717) is 18.9 Å². The fraction of sp³-hybridized carbons (Fsp3) is 0.588. The molecule has 1 heterocycles. The lowest BCUT2D eigenvalue weighted by Gasteiger charge is -2.20. The summed E-state index contributed by atoms with van der Waals surface area (Å²) >= 11 is 0. The Morgan fingerprint density at radius 2 is 2.18 bits per heavy atom. The van der Waals surface area contributed by atoms with Crippen LogP contribution >= 0.6 is 0 Å². The number of benzene rings is 1. The molecule has 122 valence electrons. The van der Waals surface area contributed by atoms with E-state index in [1.807, 2.05) is 25.2 Å². The Hall–Kier alpha value is -1.75. The van der Waals surface area contributed by atoms with Gasteiger partial charge in [0.25, 0.3) is 0 Å². The summed E-state index contributed by atoms with van der Waals surface area (Å²) in [5.74, 6) is 2.33. The third kappa shape index (κ3) is 4.37. The van der Waals surface area contributed by atoms with Crippen LogP contribution in [-0.4, -0.2) is 45.2 Å². The molecule has 0 spiro atoms. The molecule has 0 aromatic heterocycles. The monoisotopic (exact) mass is 306 g/mol. The first-order chi connectivity index (χ1) is 10.6. The van der Waals surface area contributed by atoms with Crippen molar-refractivity contribution in [3.63, 3.8) is 0 Å². The van der Waals surface area contributed by atoms with Gasteiger partial charge >= 0.3 is 0 Å². The van der Waals surface area contributed by atoms with Gasteiger partial charge in [0.1, 0.15) is 11.5 Å². The molecule has 1 aliphatic rings. The van der Waals surface area contributed by atoms with Crippen LogP contribution in [0.3, 0.4) is 0 Å². The van der Waals surface area contributed by atoms with Crippen LogP contribution in [0, 0.1) is 5.92 Å². The van der Waals surface area contributed by atoms with Crippen LogP contribution in [-0.2, 0) is 11.3 Å². The van der Waals surface area contributed by atoms with Crippen molar-refractivity contribution in [1.82, 2.24) is 10.2 Å². The number of rotatable bonds is 7. The molecule has 0 bridgehead atoms. The van der Waals surface area contributed by atoms with Crippen molar-refractivity contribution in [3.05, 3.63) is 23.8 Å². The average molecular weight is 306 g/mol. The lowest BCUT2D eigenvalue weighted by molar-refractivity contribution is -0.130. The van der Waals surface area contributed by atoms with Crippen molar-refractivity contribution < 1.29 is 14.3 Å². The second kappa shape index (κ2) is 8.03. The Kier molecular flexibility index (Phi) is 6.07. The summed E-state index contributed by atoms with van der Waals surface area (Å²) in [5.41, 5.74) is 0.988. The molecule has 1 fully saturated rings. The molecular formula is C17H26N2O3. The minimum Gasteiger partial charge on any atom is -0.497 e. The van der Waals surface area contributed by atoms with Gasteiger partial charge in [0.15, 0.2) is 0 Å². The smallest absolute Gasteiger partial charge is 0.222 e. The van der Waals surface area contributed by atoms with E-state index in [-0.39, 0.29) is 5.91 Å². The van der Waals surface area contributed by atoms with E-state index in [9.17, 15) is 4.79 Å². The Morgan fingerprint density at radius 1 is 1.36 bits per heavy atom. The van der Waals surface area contributed by atoms with Gasteiger partial charge in [-0.15, -0.1) is 0 Å². The molecular weight excluding hydrogens is 280 g/mol. The number of nitrogens with one attached hydrogen (secondary N) is 1. The second-order valence-corrected chi connectivity index (χ2v) is 5.83. The maximum Gasteiger partial charge on any atom is 0.222 e. The van der Waals surface area contributed by atoms with E-state index in [0.717, 1.165) is 36.6 Å². The number of methoxy groups -OCH3 is 2. The van der Waals surface area contributed by atoms with Crippen LogP contribution in [0.1, 0.15) is 24.8 Å². The fourth-order valence-electron chi connectivity index (χ4n) is 2.81. The van der Waals surface area contributed by atoms with Crippen molar-refractivity contribution in [2.45, 2.75) is 25.8 Å². The first kappa shape index (κ1) is 16.6. The number of carbonyl (C=O) groups is 1. The average Bonchev–Trinajstić information content (AvgIpc) is 3.06. The van der Waals surface area contributed by atoms with Crippen LogP contribution in [0.15, 0.2) is 18.2 Å². The summed E-state index contributed by atoms with van der Waals surface area (Å²) in [6, 6.07) is 5.68. The van der Waals surface area contributed by atoms with E-state index in [1.165, 1.54) is 6.42 Å². The maximum absolute atomic E-state index is 12.3. The first-order valence-corrected chi connectivity index (χ1v) is 7.79. The standard InChI is InChI=1S/C17H26N2O3/c1-19(17(20)7-4-13-8-9-18-11-13)12-14-5-6-15(21-2)10-16(14)22-3/h5-6,10,13,18H,4,7-9,11-12H2,1-3H3. The molecule has 0 radical (unpaired) electrons. The second-order valence-electron chi connectivity index (χ2n) is 5.83. The number of nitrogens with zero attached hydrogens (tertiary/aromatic N) is 1. The van der Waals surface area contributed by atoms with E-state index >= 15 is 0 Å². The van der Waals surface area contributed by atoms with Crippen LogP contribution in [0.25, 0.3) is 0 Å². The highest BCUT2D eigenvalue weighted by Crippen LogP contribution is 2.25.